The van der Waals surface area contributed by atoms with Gasteiger partial charge in [0.15, 0.2) is 0 Å². The molecule has 1 atom stereocenters. The van der Waals surface area contributed by atoms with E-state index in [2.05, 4.69) is 17.2 Å². The Morgan fingerprint density at radius 3 is 2.78 bits per heavy atom. The van der Waals surface area contributed by atoms with Crippen molar-refractivity contribution in [1.82, 2.24) is 19.8 Å². The number of hydrogen-bond acceptors (Lipinski definition) is 5. The van der Waals surface area contributed by atoms with Crippen LogP contribution in [0.5, 0.6) is 0 Å². The fourth-order valence-corrected chi connectivity index (χ4v) is 4.04. The smallest absolute Gasteiger partial charge is 0.263 e. The summed E-state index contributed by atoms with van der Waals surface area (Å²) in [5.74, 6) is 0.590. The lowest BCUT2D eigenvalue weighted by molar-refractivity contribution is -0.135. The molecule has 23 heavy (non-hydrogen) atoms. The van der Waals surface area contributed by atoms with Crippen LogP contribution in [0.3, 0.4) is 0 Å². The van der Waals surface area contributed by atoms with E-state index in [1.807, 2.05) is 11.0 Å². The fraction of sp³-hybridized carbons (Fsp3) is 0.562. The van der Waals surface area contributed by atoms with Crippen molar-refractivity contribution in [2.24, 2.45) is 0 Å². The van der Waals surface area contributed by atoms with Crippen molar-refractivity contribution >= 4 is 27.5 Å². The van der Waals surface area contributed by atoms with E-state index in [0.29, 0.717) is 24.3 Å². The van der Waals surface area contributed by atoms with Crippen molar-refractivity contribution < 1.29 is 4.79 Å². The van der Waals surface area contributed by atoms with Gasteiger partial charge in [0.25, 0.3) is 5.56 Å². The number of thiophene rings is 1. The van der Waals surface area contributed by atoms with Crippen LogP contribution in [0.15, 0.2) is 10.9 Å². The molecule has 7 heteroatoms. The molecule has 1 unspecified atom stereocenters. The third-order valence-corrected chi connectivity index (χ3v) is 5.52. The Kier molecular flexibility index (Phi) is 4.50. The third kappa shape index (κ3) is 2.90. The molecular formula is C16H22N4O2S. The van der Waals surface area contributed by atoms with Crippen molar-refractivity contribution in [3.8, 4) is 0 Å². The van der Waals surface area contributed by atoms with Crippen LogP contribution < -0.4 is 10.9 Å². The van der Waals surface area contributed by atoms with Gasteiger partial charge in [-0.3, -0.25) is 14.2 Å². The van der Waals surface area contributed by atoms with E-state index >= 15 is 0 Å². The first-order valence-corrected chi connectivity index (χ1v) is 8.85. The Morgan fingerprint density at radius 2 is 2.13 bits per heavy atom. The summed E-state index contributed by atoms with van der Waals surface area (Å²) in [4.78, 5) is 33.8. The van der Waals surface area contributed by atoms with E-state index in [1.165, 1.54) is 0 Å². The molecule has 0 aromatic carbocycles. The number of rotatable bonds is 3. The molecule has 0 spiro atoms. The second-order valence-corrected chi connectivity index (χ2v) is 6.99. The fourth-order valence-electron chi connectivity index (χ4n) is 3.04. The highest BCUT2D eigenvalue weighted by Crippen LogP contribution is 2.23. The van der Waals surface area contributed by atoms with Gasteiger partial charge in [0.2, 0.25) is 5.91 Å². The van der Waals surface area contributed by atoms with Crippen LogP contribution in [0.25, 0.3) is 10.2 Å². The number of nitrogens with one attached hydrogen (secondary N) is 1. The van der Waals surface area contributed by atoms with Gasteiger partial charge in [-0.1, -0.05) is 6.92 Å². The molecule has 1 fully saturated rings. The second kappa shape index (κ2) is 6.41. The van der Waals surface area contributed by atoms with Crippen molar-refractivity contribution in [1.29, 1.82) is 0 Å². The lowest BCUT2D eigenvalue weighted by Crippen LogP contribution is -2.49. The van der Waals surface area contributed by atoms with Crippen LogP contribution in [-0.4, -0.2) is 46.5 Å². The number of piperazine rings is 1. The quantitative estimate of drug-likeness (QED) is 0.919. The molecule has 1 aliphatic rings. The molecule has 2 aromatic heterocycles. The number of hydrogen-bond donors (Lipinski definition) is 1. The molecular weight excluding hydrogens is 312 g/mol. The lowest BCUT2D eigenvalue weighted by atomic mass is 10.2. The number of amides is 1. The maximum absolute atomic E-state index is 12.9. The van der Waals surface area contributed by atoms with Gasteiger partial charge in [0.05, 0.1) is 5.39 Å². The van der Waals surface area contributed by atoms with Gasteiger partial charge in [-0.2, -0.15) is 0 Å². The van der Waals surface area contributed by atoms with Gasteiger partial charge in [-0.05, 0) is 26.3 Å². The van der Waals surface area contributed by atoms with Crippen LogP contribution in [0.4, 0.5) is 0 Å². The average Bonchev–Trinajstić information content (AvgIpc) is 2.98. The Balaban J connectivity index is 2.00. The standard InChI is InChI=1S/C16H22N4O2S/c1-4-12-9-13-14(23-12)18-11(3)20(16(13)22)10(2)15(21)19-7-5-17-6-8-19/h9-10,17H,4-8H2,1-3H3. The van der Waals surface area contributed by atoms with Gasteiger partial charge in [0.1, 0.15) is 16.7 Å². The summed E-state index contributed by atoms with van der Waals surface area (Å²) in [7, 11) is 0. The number of aryl methyl sites for hydroxylation is 2. The number of carbonyl (C=O) groups is 1. The molecule has 0 aliphatic carbocycles. The first-order valence-electron chi connectivity index (χ1n) is 8.04. The van der Waals surface area contributed by atoms with Gasteiger partial charge >= 0.3 is 0 Å². The van der Waals surface area contributed by atoms with Crippen LogP contribution >= 0.6 is 11.3 Å². The first kappa shape index (κ1) is 16.1. The maximum Gasteiger partial charge on any atom is 0.263 e. The summed E-state index contributed by atoms with van der Waals surface area (Å²) in [6.45, 7) is 8.62. The minimum absolute atomic E-state index is 0.0104. The second-order valence-electron chi connectivity index (χ2n) is 5.87. The minimum Gasteiger partial charge on any atom is -0.338 e. The normalized spacial score (nSPS) is 16.7. The summed E-state index contributed by atoms with van der Waals surface area (Å²) < 4.78 is 1.54. The predicted molar refractivity (Wildman–Crippen MR) is 92.2 cm³/mol. The van der Waals surface area contributed by atoms with Crippen molar-refractivity contribution in [2.45, 2.75) is 33.2 Å². The SMILES string of the molecule is CCc1cc2c(=O)n(C(C)C(=O)N3CCNCC3)c(C)nc2s1. The van der Waals surface area contributed by atoms with Gasteiger partial charge in [-0.15, -0.1) is 11.3 Å². The number of aromatic nitrogens is 2. The highest BCUT2D eigenvalue weighted by molar-refractivity contribution is 7.18. The zero-order chi connectivity index (χ0) is 16.6. The van der Waals surface area contributed by atoms with Crippen LogP contribution in [0.2, 0.25) is 0 Å². The largest absolute Gasteiger partial charge is 0.338 e. The van der Waals surface area contributed by atoms with Crippen molar-refractivity contribution in [3.63, 3.8) is 0 Å². The summed E-state index contributed by atoms with van der Waals surface area (Å²) >= 11 is 1.55. The maximum atomic E-state index is 12.9. The van der Waals surface area contributed by atoms with Crippen LogP contribution in [0, 0.1) is 6.92 Å². The third-order valence-electron chi connectivity index (χ3n) is 4.35. The predicted octanol–water partition coefficient (Wildman–Crippen LogP) is 1.32. The molecule has 2 aromatic rings. The average molecular weight is 334 g/mol. The highest BCUT2D eigenvalue weighted by atomic mass is 32.1. The molecule has 6 nitrogen and oxygen atoms in total. The molecule has 3 rings (SSSR count). The summed E-state index contributed by atoms with van der Waals surface area (Å²) in [5, 5.41) is 3.85. The van der Waals surface area contributed by atoms with E-state index in [-0.39, 0.29) is 11.5 Å². The Morgan fingerprint density at radius 1 is 1.43 bits per heavy atom. The summed E-state index contributed by atoms with van der Waals surface area (Å²) in [6, 6.07) is 1.38. The lowest BCUT2D eigenvalue weighted by Gasteiger charge is -2.30. The van der Waals surface area contributed by atoms with E-state index in [9.17, 15) is 9.59 Å². The van der Waals surface area contributed by atoms with E-state index in [0.717, 1.165) is 29.2 Å². The molecule has 1 aliphatic heterocycles. The first-order chi connectivity index (χ1) is 11.0. The zero-order valence-corrected chi connectivity index (χ0v) is 14.6. The van der Waals surface area contributed by atoms with Crippen molar-refractivity contribution in [3.05, 3.63) is 27.1 Å². The van der Waals surface area contributed by atoms with E-state index < -0.39 is 6.04 Å². The topological polar surface area (TPSA) is 67.2 Å². The van der Waals surface area contributed by atoms with Gasteiger partial charge in [0, 0.05) is 31.1 Å². The Labute approximate surface area is 139 Å². The zero-order valence-electron chi connectivity index (χ0n) is 13.8. The monoisotopic (exact) mass is 334 g/mol. The van der Waals surface area contributed by atoms with Gasteiger partial charge < -0.3 is 10.2 Å². The molecule has 0 bridgehead atoms. The summed E-state index contributed by atoms with van der Waals surface area (Å²) in [5.41, 5.74) is -0.112. The Bertz CT molecular complexity index is 789. The molecule has 1 amide bonds. The molecule has 3 heterocycles. The number of nitrogens with zero attached hydrogens (tertiary/aromatic N) is 3. The minimum atomic E-state index is -0.525. The molecule has 1 saturated heterocycles. The van der Waals surface area contributed by atoms with Gasteiger partial charge in [-0.25, -0.2) is 4.98 Å². The molecule has 0 saturated carbocycles. The highest BCUT2D eigenvalue weighted by Gasteiger charge is 2.26. The van der Waals surface area contributed by atoms with Crippen molar-refractivity contribution in [2.75, 3.05) is 26.2 Å². The molecule has 1 N–H and O–H groups in total. The Hall–Kier alpha value is -1.73. The molecule has 124 valence electrons. The van der Waals surface area contributed by atoms with E-state index in [4.69, 9.17) is 0 Å². The van der Waals surface area contributed by atoms with E-state index in [1.54, 1.807) is 29.8 Å². The van der Waals surface area contributed by atoms with Crippen LogP contribution in [0.1, 0.15) is 30.6 Å². The number of fused-ring (bicyclic) bond motifs is 1. The molecule has 0 radical (unpaired) electrons. The number of carbonyl (C=O) groups excluding carboxylic acids is 1. The summed E-state index contributed by atoms with van der Waals surface area (Å²) in [6.07, 6.45) is 0.884. The van der Waals surface area contributed by atoms with Crippen LogP contribution in [-0.2, 0) is 11.2 Å².